The van der Waals surface area contributed by atoms with Crippen molar-refractivity contribution in [3.63, 3.8) is 0 Å². The van der Waals surface area contributed by atoms with Crippen LogP contribution in [0.3, 0.4) is 0 Å². The molecule has 1 N–H and O–H groups in total. The quantitative estimate of drug-likeness (QED) is 0.847. The van der Waals surface area contributed by atoms with Gasteiger partial charge in [0.1, 0.15) is 11.6 Å². The summed E-state index contributed by atoms with van der Waals surface area (Å²) in [5, 5.41) is 8.33. The number of carbonyl (C=O) groups is 2. The second kappa shape index (κ2) is 7.00. The minimum absolute atomic E-state index is 0.109. The molecule has 0 aliphatic carbocycles. The normalized spacial score (nSPS) is 9.16. The van der Waals surface area contributed by atoms with E-state index in [1.165, 1.54) is 30.3 Å². The molecule has 0 aromatic heterocycles. The lowest BCUT2D eigenvalue weighted by molar-refractivity contribution is 0.0691. The highest BCUT2D eigenvalue weighted by molar-refractivity contribution is 5.87. The minimum atomic E-state index is -1.24. The van der Waals surface area contributed by atoms with Crippen molar-refractivity contribution in [3.8, 4) is 0 Å². The fraction of sp³-hybridized carbons (Fsp3) is 0. The molecule has 0 saturated heterocycles. The van der Waals surface area contributed by atoms with Crippen molar-refractivity contribution < 1.29 is 23.5 Å². The maximum atomic E-state index is 12.5. The van der Waals surface area contributed by atoms with E-state index in [-0.39, 0.29) is 11.1 Å². The highest BCUT2D eigenvalue weighted by atomic mass is 19.1. The van der Waals surface area contributed by atoms with Gasteiger partial charge in [0.2, 0.25) is 0 Å². The van der Waals surface area contributed by atoms with Crippen LogP contribution in [-0.4, -0.2) is 17.4 Å². The van der Waals surface area contributed by atoms with E-state index in [4.69, 9.17) is 5.11 Å². The Labute approximate surface area is 108 Å². The number of halogens is 2. The first-order valence-corrected chi connectivity index (χ1v) is 5.23. The Balaban J connectivity index is 0.000000191. The SMILES string of the molecule is O=C(O)c1ccccc1F.O=Cc1ccccc1F. The van der Waals surface area contributed by atoms with Gasteiger partial charge in [0, 0.05) is 0 Å². The number of aromatic carboxylic acids is 1. The van der Waals surface area contributed by atoms with E-state index >= 15 is 0 Å². The lowest BCUT2D eigenvalue weighted by Crippen LogP contribution is -1.98. The fourth-order valence-corrected chi connectivity index (χ4v) is 1.21. The second-order valence-corrected chi connectivity index (χ2v) is 3.42. The molecule has 5 heteroatoms. The number of carboxylic acids is 1. The summed E-state index contributed by atoms with van der Waals surface area (Å²) in [5.74, 6) is -2.40. The average molecular weight is 264 g/mol. The smallest absolute Gasteiger partial charge is 0.338 e. The Kier molecular flexibility index (Phi) is 5.35. The Morgan fingerprint density at radius 1 is 0.947 bits per heavy atom. The van der Waals surface area contributed by atoms with Gasteiger partial charge in [-0.05, 0) is 24.3 Å². The molecule has 0 fully saturated rings. The maximum absolute atomic E-state index is 12.5. The van der Waals surface area contributed by atoms with Gasteiger partial charge >= 0.3 is 5.97 Å². The standard InChI is InChI=1S/C7H5FO2.C7H5FO/c8-6-4-2-1-3-5(6)7(9)10;8-7-4-2-1-3-6(7)5-9/h1-4H,(H,9,10);1-5H. The Bertz CT molecular complexity index is 582. The number of carboxylic acid groups (broad SMARTS) is 1. The van der Waals surface area contributed by atoms with E-state index in [9.17, 15) is 18.4 Å². The van der Waals surface area contributed by atoms with Crippen LogP contribution in [0.1, 0.15) is 20.7 Å². The van der Waals surface area contributed by atoms with Gasteiger partial charge in [0.25, 0.3) is 0 Å². The number of benzene rings is 2. The summed E-state index contributed by atoms with van der Waals surface area (Å²) < 4.78 is 24.8. The van der Waals surface area contributed by atoms with Crippen LogP contribution >= 0.6 is 0 Å². The Morgan fingerprint density at radius 2 is 1.47 bits per heavy atom. The van der Waals surface area contributed by atoms with E-state index < -0.39 is 17.6 Å². The first-order valence-electron chi connectivity index (χ1n) is 5.23. The molecular weight excluding hydrogens is 254 g/mol. The van der Waals surface area contributed by atoms with Crippen LogP contribution in [0.15, 0.2) is 48.5 Å². The van der Waals surface area contributed by atoms with Crippen LogP contribution in [0.25, 0.3) is 0 Å². The van der Waals surface area contributed by atoms with E-state index in [0.717, 1.165) is 6.07 Å². The fourth-order valence-electron chi connectivity index (χ4n) is 1.21. The maximum Gasteiger partial charge on any atom is 0.338 e. The second-order valence-electron chi connectivity index (χ2n) is 3.42. The molecule has 19 heavy (non-hydrogen) atoms. The number of hydrogen-bond donors (Lipinski definition) is 1. The van der Waals surface area contributed by atoms with Crippen molar-refractivity contribution in [2.45, 2.75) is 0 Å². The van der Waals surface area contributed by atoms with Gasteiger partial charge in [0.15, 0.2) is 6.29 Å². The van der Waals surface area contributed by atoms with Gasteiger partial charge in [-0.3, -0.25) is 4.79 Å². The molecule has 2 rings (SSSR count). The van der Waals surface area contributed by atoms with Crippen molar-refractivity contribution >= 4 is 12.3 Å². The van der Waals surface area contributed by atoms with Crippen LogP contribution in [0.2, 0.25) is 0 Å². The molecule has 3 nitrogen and oxygen atoms in total. The first kappa shape index (κ1) is 14.5. The molecule has 0 amide bonds. The summed E-state index contributed by atoms with van der Waals surface area (Å²) >= 11 is 0. The highest BCUT2D eigenvalue weighted by Crippen LogP contribution is 2.04. The molecule has 98 valence electrons. The zero-order valence-corrected chi connectivity index (χ0v) is 9.72. The van der Waals surface area contributed by atoms with Crippen molar-refractivity contribution in [2.75, 3.05) is 0 Å². The summed E-state index contributed by atoms with van der Waals surface area (Å²) in [6.07, 6.45) is 0.495. The molecule has 2 aromatic carbocycles. The molecule has 0 aliphatic rings. The van der Waals surface area contributed by atoms with Gasteiger partial charge in [0.05, 0.1) is 11.1 Å². The Hall–Kier alpha value is -2.56. The Morgan fingerprint density at radius 3 is 1.84 bits per heavy atom. The number of rotatable bonds is 2. The van der Waals surface area contributed by atoms with Crippen molar-refractivity contribution in [2.24, 2.45) is 0 Å². The van der Waals surface area contributed by atoms with Crippen LogP contribution in [0.5, 0.6) is 0 Å². The molecule has 2 aromatic rings. The summed E-state index contributed by atoms with van der Waals surface area (Å²) in [7, 11) is 0. The first-order chi connectivity index (χ1) is 9.06. The summed E-state index contributed by atoms with van der Waals surface area (Å²) in [5.41, 5.74) is -0.181. The van der Waals surface area contributed by atoms with Gasteiger partial charge in [-0.15, -0.1) is 0 Å². The molecule has 0 spiro atoms. The van der Waals surface area contributed by atoms with Crippen LogP contribution < -0.4 is 0 Å². The van der Waals surface area contributed by atoms with Gasteiger partial charge in [-0.1, -0.05) is 24.3 Å². The molecule has 0 atom stereocenters. The minimum Gasteiger partial charge on any atom is -0.478 e. The largest absolute Gasteiger partial charge is 0.478 e. The molecular formula is C14H10F2O3. The topological polar surface area (TPSA) is 54.4 Å². The van der Waals surface area contributed by atoms with E-state index in [1.54, 1.807) is 12.1 Å². The van der Waals surface area contributed by atoms with Gasteiger partial charge in [-0.25, -0.2) is 13.6 Å². The predicted molar refractivity (Wildman–Crippen MR) is 65.1 cm³/mol. The summed E-state index contributed by atoms with van der Waals surface area (Å²) in [6, 6.07) is 11.1. The highest BCUT2D eigenvalue weighted by Gasteiger charge is 2.06. The van der Waals surface area contributed by atoms with Crippen LogP contribution in [-0.2, 0) is 0 Å². The van der Waals surface area contributed by atoms with E-state index in [2.05, 4.69) is 0 Å². The number of aldehydes is 1. The van der Waals surface area contributed by atoms with Crippen molar-refractivity contribution in [1.82, 2.24) is 0 Å². The van der Waals surface area contributed by atoms with E-state index in [0.29, 0.717) is 6.29 Å². The predicted octanol–water partition coefficient (Wildman–Crippen LogP) is 3.16. The molecule has 0 bridgehead atoms. The zero-order chi connectivity index (χ0) is 14.3. The molecule has 0 heterocycles. The molecule has 0 aliphatic heterocycles. The third kappa shape index (κ3) is 4.31. The third-order valence-corrected chi connectivity index (χ3v) is 2.14. The third-order valence-electron chi connectivity index (χ3n) is 2.14. The summed E-state index contributed by atoms with van der Waals surface area (Å²) in [4.78, 5) is 20.2. The van der Waals surface area contributed by atoms with E-state index in [1.807, 2.05) is 0 Å². The average Bonchev–Trinajstić information content (AvgIpc) is 2.40. The van der Waals surface area contributed by atoms with Crippen molar-refractivity contribution in [3.05, 3.63) is 71.3 Å². The molecule has 0 saturated carbocycles. The monoisotopic (exact) mass is 264 g/mol. The van der Waals surface area contributed by atoms with Gasteiger partial charge < -0.3 is 5.11 Å². The lowest BCUT2D eigenvalue weighted by Gasteiger charge is -1.92. The summed E-state index contributed by atoms with van der Waals surface area (Å²) in [6.45, 7) is 0. The molecule has 0 unspecified atom stereocenters. The van der Waals surface area contributed by atoms with Crippen LogP contribution in [0, 0.1) is 11.6 Å². The lowest BCUT2D eigenvalue weighted by atomic mass is 10.2. The number of carbonyl (C=O) groups excluding carboxylic acids is 1. The number of hydrogen-bond acceptors (Lipinski definition) is 2. The van der Waals surface area contributed by atoms with Crippen molar-refractivity contribution in [1.29, 1.82) is 0 Å². The van der Waals surface area contributed by atoms with Crippen LogP contribution in [0.4, 0.5) is 8.78 Å². The molecule has 0 radical (unpaired) electrons. The van der Waals surface area contributed by atoms with Gasteiger partial charge in [-0.2, -0.15) is 0 Å². The zero-order valence-electron chi connectivity index (χ0n) is 9.72.